The maximum absolute atomic E-state index is 11.7. The number of nitrogen functional groups attached to an aromatic ring is 1. The number of anilines is 1. The predicted molar refractivity (Wildman–Crippen MR) is 71.6 cm³/mol. The first-order chi connectivity index (χ1) is 7.22. The summed E-state index contributed by atoms with van der Waals surface area (Å²) < 4.78 is 0.821. The molecule has 0 saturated heterocycles. The van der Waals surface area contributed by atoms with Crippen LogP contribution < -0.4 is 10.5 Å². The van der Waals surface area contributed by atoms with Crippen molar-refractivity contribution in [2.24, 2.45) is 0 Å². The summed E-state index contributed by atoms with van der Waals surface area (Å²) in [6.07, 6.45) is 3.03. The third-order valence-electron chi connectivity index (χ3n) is 2.94. The Labute approximate surface area is 113 Å². The van der Waals surface area contributed by atoms with Gasteiger partial charge in [-0.15, -0.1) is 24.8 Å². The van der Waals surface area contributed by atoms with E-state index in [-0.39, 0.29) is 30.6 Å². The van der Waals surface area contributed by atoms with Gasteiger partial charge in [0, 0.05) is 25.9 Å². The lowest BCUT2D eigenvalue weighted by atomic mass is 10.2. The van der Waals surface area contributed by atoms with Crippen LogP contribution in [0, 0.1) is 5.21 Å². The summed E-state index contributed by atoms with van der Waals surface area (Å²) in [5.74, 6) is 0.193. The van der Waals surface area contributed by atoms with Crippen LogP contribution >= 0.6 is 24.8 Å². The Kier molecular flexibility index (Phi) is 6.52. The Morgan fingerprint density at radius 1 is 1.41 bits per heavy atom. The fourth-order valence-corrected chi connectivity index (χ4v) is 1.95. The molecule has 0 radical (unpaired) electrons. The number of aromatic nitrogens is 2. The number of nitrogens with two attached hydrogens (primary N) is 1. The highest BCUT2D eigenvalue weighted by Crippen LogP contribution is 2.10. The summed E-state index contributed by atoms with van der Waals surface area (Å²) in [5, 5.41) is 11.7. The first-order valence-electron chi connectivity index (χ1n) is 5.30. The van der Waals surface area contributed by atoms with Crippen molar-refractivity contribution in [3.05, 3.63) is 22.8 Å². The molecule has 2 N–H and O–H groups in total. The number of hydrogen-bond acceptors (Lipinski definition) is 4. The van der Waals surface area contributed by atoms with Crippen molar-refractivity contribution in [1.82, 2.24) is 9.88 Å². The van der Waals surface area contributed by atoms with Gasteiger partial charge in [0.05, 0.1) is 5.69 Å². The van der Waals surface area contributed by atoms with E-state index in [0.717, 1.165) is 48.6 Å². The highest BCUT2D eigenvalue weighted by molar-refractivity contribution is 5.85. The maximum Gasteiger partial charge on any atom is 0.294 e. The number of halogens is 2. The van der Waals surface area contributed by atoms with Crippen molar-refractivity contribution < 1.29 is 4.73 Å². The molecule has 0 aromatic carbocycles. The van der Waals surface area contributed by atoms with Crippen LogP contribution in [0.2, 0.25) is 0 Å². The van der Waals surface area contributed by atoms with Crippen molar-refractivity contribution in [1.29, 1.82) is 0 Å². The molecule has 1 aliphatic rings. The summed E-state index contributed by atoms with van der Waals surface area (Å²) in [5.41, 5.74) is 7.18. The second kappa shape index (κ2) is 6.83. The lowest BCUT2D eigenvalue weighted by molar-refractivity contribution is -0.599. The highest BCUT2D eigenvalue weighted by Gasteiger charge is 2.18. The standard InChI is InChI=1S/C10H16N4O.2ClH/c1-2-13-5-3-8-9(4-6-13)14(15)10(11)7-12-8;;/h7H,2-6,11H2,1H3;2*1H. The van der Waals surface area contributed by atoms with Gasteiger partial charge in [-0.05, 0) is 6.54 Å². The number of hydrogen-bond donors (Lipinski definition) is 1. The van der Waals surface area contributed by atoms with Gasteiger partial charge in [0.15, 0.2) is 0 Å². The van der Waals surface area contributed by atoms with Gasteiger partial charge in [-0.3, -0.25) is 5.73 Å². The Morgan fingerprint density at radius 2 is 2.06 bits per heavy atom. The molecule has 0 aliphatic carbocycles. The van der Waals surface area contributed by atoms with Crippen molar-refractivity contribution in [2.45, 2.75) is 19.8 Å². The van der Waals surface area contributed by atoms with E-state index in [9.17, 15) is 5.21 Å². The average Bonchev–Trinajstić information content (AvgIpc) is 2.46. The normalized spacial score (nSPS) is 15.1. The minimum atomic E-state index is 0. The molecule has 0 atom stereocenters. The molecule has 2 heterocycles. The van der Waals surface area contributed by atoms with E-state index in [1.54, 1.807) is 0 Å². The predicted octanol–water partition coefficient (Wildman–Crippen LogP) is 0.561. The van der Waals surface area contributed by atoms with E-state index < -0.39 is 0 Å². The van der Waals surface area contributed by atoms with Crippen LogP contribution in [0.1, 0.15) is 18.3 Å². The summed E-state index contributed by atoms with van der Waals surface area (Å²) >= 11 is 0. The quantitative estimate of drug-likeness (QED) is 0.603. The Morgan fingerprint density at radius 3 is 2.71 bits per heavy atom. The topological polar surface area (TPSA) is 69.1 Å². The van der Waals surface area contributed by atoms with E-state index >= 15 is 0 Å². The third kappa shape index (κ3) is 3.34. The molecule has 1 aromatic heterocycles. The van der Waals surface area contributed by atoms with Gasteiger partial charge in [0.1, 0.15) is 11.9 Å². The molecule has 17 heavy (non-hydrogen) atoms. The number of nitrogens with zero attached hydrogens (tertiary/aromatic N) is 3. The molecular formula is C10H18Cl2N4O. The van der Waals surface area contributed by atoms with E-state index in [1.807, 2.05) is 0 Å². The Hall–Kier alpha value is -0.780. The van der Waals surface area contributed by atoms with Crippen molar-refractivity contribution in [3.63, 3.8) is 0 Å². The van der Waals surface area contributed by atoms with Gasteiger partial charge < -0.3 is 10.1 Å². The second-order valence-electron chi connectivity index (χ2n) is 3.81. The largest absolute Gasteiger partial charge is 0.710 e. The molecule has 1 aromatic rings. The summed E-state index contributed by atoms with van der Waals surface area (Å²) in [7, 11) is 0. The zero-order valence-electron chi connectivity index (χ0n) is 9.76. The molecule has 0 bridgehead atoms. The maximum atomic E-state index is 11.7. The van der Waals surface area contributed by atoms with Crippen LogP contribution in [0.4, 0.5) is 5.82 Å². The first-order valence-corrected chi connectivity index (χ1v) is 5.30. The zero-order chi connectivity index (χ0) is 10.8. The molecule has 7 heteroatoms. The summed E-state index contributed by atoms with van der Waals surface area (Å²) in [6, 6.07) is 0. The summed E-state index contributed by atoms with van der Waals surface area (Å²) in [6.45, 7) is 5.03. The molecule has 0 amide bonds. The Bertz CT molecular complexity index is 376. The van der Waals surface area contributed by atoms with Gasteiger partial charge in [-0.25, -0.2) is 9.71 Å². The van der Waals surface area contributed by atoms with E-state index in [4.69, 9.17) is 5.73 Å². The van der Waals surface area contributed by atoms with E-state index in [1.165, 1.54) is 6.20 Å². The molecular weight excluding hydrogens is 263 g/mol. The minimum Gasteiger partial charge on any atom is -0.710 e. The lowest BCUT2D eigenvalue weighted by Gasteiger charge is -2.16. The van der Waals surface area contributed by atoms with Gasteiger partial charge in [0.25, 0.3) is 5.82 Å². The van der Waals surface area contributed by atoms with Gasteiger partial charge in [0.2, 0.25) is 0 Å². The van der Waals surface area contributed by atoms with Crippen LogP contribution in [-0.2, 0) is 12.8 Å². The van der Waals surface area contributed by atoms with Crippen LogP contribution in [0.5, 0.6) is 0 Å². The minimum absolute atomic E-state index is 0. The van der Waals surface area contributed by atoms with E-state index in [0.29, 0.717) is 0 Å². The SMILES string of the molecule is CCN1CCc2ncc(N)[n+]([O-])c2CC1.Cl.Cl. The van der Waals surface area contributed by atoms with Crippen molar-refractivity contribution in [3.8, 4) is 0 Å². The van der Waals surface area contributed by atoms with Gasteiger partial charge in [-0.1, -0.05) is 6.92 Å². The third-order valence-corrected chi connectivity index (χ3v) is 2.94. The molecule has 0 unspecified atom stereocenters. The zero-order valence-corrected chi connectivity index (χ0v) is 11.4. The molecule has 0 spiro atoms. The molecule has 98 valence electrons. The van der Waals surface area contributed by atoms with Gasteiger partial charge >= 0.3 is 0 Å². The number of fused-ring (bicyclic) bond motifs is 1. The van der Waals surface area contributed by atoms with Crippen LogP contribution in [0.15, 0.2) is 6.20 Å². The number of likely N-dealkylation sites (N-methyl/N-ethyl adjacent to an activating group) is 1. The average molecular weight is 281 g/mol. The number of rotatable bonds is 1. The smallest absolute Gasteiger partial charge is 0.294 e. The van der Waals surface area contributed by atoms with Crippen LogP contribution in [0.3, 0.4) is 0 Å². The molecule has 0 saturated carbocycles. The van der Waals surface area contributed by atoms with Gasteiger partial charge in [-0.2, -0.15) is 0 Å². The first kappa shape index (κ1) is 16.2. The van der Waals surface area contributed by atoms with Crippen molar-refractivity contribution >= 4 is 30.6 Å². The molecule has 5 nitrogen and oxygen atoms in total. The van der Waals surface area contributed by atoms with Crippen LogP contribution in [-0.4, -0.2) is 29.5 Å². The monoisotopic (exact) mass is 280 g/mol. The van der Waals surface area contributed by atoms with E-state index in [2.05, 4.69) is 16.8 Å². The van der Waals surface area contributed by atoms with Crippen LogP contribution in [0.25, 0.3) is 0 Å². The van der Waals surface area contributed by atoms with Crippen molar-refractivity contribution in [2.75, 3.05) is 25.4 Å². The summed E-state index contributed by atoms with van der Waals surface area (Å²) in [4.78, 5) is 6.55. The second-order valence-corrected chi connectivity index (χ2v) is 3.81. The fraction of sp³-hybridized carbons (Fsp3) is 0.600. The highest BCUT2D eigenvalue weighted by atomic mass is 35.5. The lowest BCUT2D eigenvalue weighted by Crippen LogP contribution is -2.37. The fourth-order valence-electron chi connectivity index (χ4n) is 1.95. The Balaban J connectivity index is 0.00000128. The molecule has 0 fully saturated rings. The molecule has 1 aliphatic heterocycles. The molecule has 2 rings (SSSR count).